The number of hydrogen-bond donors (Lipinski definition) is 3. The van der Waals surface area contributed by atoms with Crippen molar-refractivity contribution in [3.63, 3.8) is 0 Å². The minimum absolute atomic E-state index is 0.158. The highest BCUT2D eigenvalue weighted by Crippen LogP contribution is 2.26. The van der Waals surface area contributed by atoms with Crippen molar-refractivity contribution in [3.05, 3.63) is 0 Å². The molecule has 0 radical (unpaired) electrons. The Bertz CT molecular complexity index is 91.2. The average Bonchev–Trinajstić information content (AvgIpc) is 2.08. The van der Waals surface area contributed by atoms with E-state index >= 15 is 0 Å². The summed E-state index contributed by atoms with van der Waals surface area (Å²) in [4.78, 5) is 0. The van der Waals surface area contributed by atoms with E-state index in [1.54, 1.807) is 0 Å². The van der Waals surface area contributed by atoms with Crippen molar-refractivity contribution >= 4 is 0 Å². The maximum absolute atomic E-state index is 9.45. The number of aliphatic hydroxyl groups excluding tert-OH is 3. The molecule has 0 aromatic heterocycles. The molecule has 0 aliphatic rings. The van der Waals surface area contributed by atoms with Crippen LogP contribution in [0.15, 0.2) is 0 Å². The Hall–Kier alpha value is -0.120. The molecule has 0 aromatic rings. The van der Waals surface area contributed by atoms with E-state index in [-0.39, 0.29) is 13.2 Å². The molecule has 1 unspecified atom stereocenters. The third-order valence-electron chi connectivity index (χ3n) is 2.43. The maximum Gasteiger partial charge on any atom is 0.0637 e. The van der Waals surface area contributed by atoms with Crippen LogP contribution in [0.2, 0.25) is 0 Å². The summed E-state index contributed by atoms with van der Waals surface area (Å²) in [6.07, 6.45) is 0.548. The van der Waals surface area contributed by atoms with E-state index in [4.69, 9.17) is 10.2 Å². The third-order valence-corrected chi connectivity index (χ3v) is 2.43. The van der Waals surface area contributed by atoms with Crippen LogP contribution < -0.4 is 0 Å². The Morgan fingerprint density at radius 3 is 1.73 bits per heavy atom. The first-order chi connectivity index (χ1) is 5.16. The van der Waals surface area contributed by atoms with E-state index in [1.807, 2.05) is 13.8 Å². The molecule has 0 saturated carbocycles. The van der Waals surface area contributed by atoms with Crippen molar-refractivity contribution in [3.8, 4) is 0 Å². The molecule has 0 rings (SSSR count). The van der Waals surface area contributed by atoms with Crippen molar-refractivity contribution in [2.24, 2.45) is 5.41 Å². The monoisotopic (exact) mass is 162 g/mol. The summed E-state index contributed by atoms with van der Waals surface area (Å²) in [7, 11) is 0. The summed E-state index contributed by atoms with van der Waals surface area (Å²) in [5.41, 5.74) is -0.700. The molecule has 0 bridgehead atoms. The van der Waals surface area contributed by atoms with Gasteiger partial charge in [-0.05, 0) is 12.8 Å². The standard InChI is InChI=1S/C8H18O3/c1-3-7(11)8(4-2,5-9)6-10/h7,9-11H,3-6H2,1-2H3. The highest BCUT2D eigenvalue weighted by Gasteiger charge is 2.33. The maximum atomic E-state index is 9.45. The highest BCUT2D eigenvalue weighted by atomic mass is 16.3. The van der Waals surface area contributed by atoms with E-state index in [0.717, 1.165) is 0 Å². The van der Waals surface area contributed by atoms with Gasteiger partial charge in [0.1, 0.15) is 0 Å². The van der Waals surface area contributed by atoms with Crippen LogP contribution in [0.5, 0.6) is 0 Å². The predicted octanol–water partition coefficient (Wildman–Crippen LogP) is 0.138. The summed E-state index contributed by atoms with van der Waals surface area (Å²) in [5, 5.41) is 27.4. The summed E-state index contributed by atoms with van der Waals surface area (Å²) >= 11 is 0. The van der Waals surface area contributed by atoms with Crippen molar-refractivity contribution in [1.82, 2.24) is 0 Å². The highest BCUT2D eigenvalue weighted by molar-refractivity contribution is 4.83. The van der Waals surface area contributed by atoms with Gasteiger partial charge in [0.05, 0.1) is 19.3 Å². The zero-order valence-electron chi connectivity index (χ0n) is 7.25. The molecular weight excluding hydrogens is 144 g/mol. The van der Waals surface area contributed by atoms with Crippen molar-refractivity contribution < 1.29 is 15.3 Å². The van der Waals surface area contributed by atoms with Gasteiger partial charge in [-0.15, -0.1) is 0 Å². The molecule has 3 nitrogen and oxygen atoms in total. The molecule has 0 amide bonds. The van der Waals surface area contributed by atoms with Crippen LogP contribution in [-0.2, 0) is 0 Å². The minimum Gasteiger partial charge on any atom is -0.396 e. The van der Waals surface area contributed by atoms with Gasteiger partial charge >= 0.3 is 0 Å². The second kappa shape index (κ2) is 4.70. The first-order valence-electron chi connectivity index (χ1n) is 4.06. The number of aliphatic hydroxyl groups is 3. The van der Waals surface area contributed by atoms with Gasteiger partial charge in [-0.25, -0.2) is 0 Å². The minimum atomic E-state index is -0.700. The summed E-state index contributed by atoms with van der Waals surface area (Å²) < 4.78 is 0. The quantitative estimate of drug-likeness (QED) is 0.539. The Morgan fingerprint density at radius 2 is 1.64 bits per heavy atom. The Balaban J connectivity index is 4.26. The van der Waals surface area contributed by atoms with Crippen molar-refractivity contribution in [2.75, 3.05) is 13.2 Å². The lowest BCUT2D eigenvalue weighted by atomic mass is 9.80. The zero-order chi connectivity index (χ0) is 8.91. The molecule has 0 fully saturated rings. The number of rotatable bonds is 5. The van der Waals surface area contributed by atoms with E-state index in [9.17, 15) is 5.11 Å². The van der Waals surface area contributed by atoms with Crippen LogP contribution >= 0.6 is 0 Å². The van der Waals surface area contributed by atoms with Gasteiger partial charge in [0.2, 0.25) is 0 Å². The molecule has 0 aliphatic heterocycles. The lowest BCUT2D eigenvalue weighted by molar-refractivity contribution is -0.0567. The lowest BCUT2D eigenvalue weighted by Gasteiger charge is -2.32. The summed E-state index contributed by atoms with van der Waals surface area (Å²) in [6.45, 7) is 3.37. The van der Waals surface area contributed by atoms with Gasteiger partial charge in [-0.2, -0.15) is 0 Å². The lowest BCUT2D eigenvalue weighted by Crippen LogP contribution is -2.41. The molecular formula is C8H18O3. The molecule has 1 atom stereocenters. The third kappa shape index (κ3) is 2.15. The Morgan fingerprint density at radius 1 is 1.18 bits per heavy atom. The predicted molar refractivity (Wildman–Crippen MR) is 43.2 cm³/mol. The normalized spacial score (nSPS) is 15.0. The van der Waals surface area contributed by atoms with Crippen LogP contribution in [-0.4, -0.2) is 34.6 Å². The first kappa shape index (κ1) is 10.9. The van der Waals surface area contributed by atoms with Crippen LogP contribution in [0, 0.1) is 5.41 Å². The second-order valence-electron chi connectivity index (χ2n) is 2.96. The molecule has 3 heteroatoms. The smallest absolute Gasteiger partial charge is 0.0637 e. The molecule has 68 valence electrons. The first-order valence-corrected chi connectivity index (χ1v) is 4.06. The summed E-state index contributed by atoms with van der Waals surface area (Å²) in [6, 6.07) is 0. The van der Waals surface area contributed by atoms with Gasteiger partial charge in [0, 0.05) is 5.41 Å². The largest absolute Gasteiger partial charge is 0.396 e. The Labute approximate surface area is 67.7 Å². The molecule has 0 heterocycles. The van der Waals surface area contributed by atoms with Gasteiger partial charge in [0.15, 0.2) is 0 Å². The SMILES string of the molecule is CCC(O)C(CC)(CO)CO. The topological polar surface area (TPSA) is 60.7 Å². The summed E-state index contributed by atoms with van der Waals surface area (Å²) in [5.74, 6) is 0. The van der Waals surface area contributed by atoms with Gasteiger partial charge in [0.25, 0.3) is 0 Å². The van der Waals surface area contributed by atoms with Crippen LogP contribution in [0.4, 0.5) is 0 Å². The van der Waals surface area contributed by atoms with E-state index in [2.05, 4.69) is 0 Å². The van der Waals surface area contributed by atoms with Gasteiger partial charge in [-0.1, -0.05) is 13.8 Å². The molecule has 0 aliphatic carbocycles. The van der Waals surface area contributed by atoms with Crippen LogP contribution in [0.25, 0.3) is 0 Å². The number of hydrogen-bond acceptors (Lipinski definition) is 3. The molecule has 0 aromatic carbocycles. The molecule has 11 heavy (non-hydrogen) atoms. The Kier molecular flexibility index (Phi) is 4.65. The van der Waals surface area contributed by atoms with E-state index < -0.39 is 11.5 Å². The van der Waals surface area contributed by atoms with Gasteiger partial charge < -0.3 is 15.3 Å². The van der Waals surface area contributed by atoms with Crippen molar-refractivity contribution in [2.45, 2.75) is 32.8 Å². The van der Waals surface area contributed by atoms with E-state index in [1.165, 1.54) is 0 Å². The van der Waals surface area contributed by atoms with E-state index in [0.29, 0.717) is 12.8 Å². The fourth-order valence-electron chi connectivity index (χ4n) is 1.15. The fourth-order valence-corrected chi connectivity index (χ4v) is 1.15. The molecule has 3 N–H and O–H groups in total. The zero-order valence-corrected chi connectivity index (χ0v) is 7.25. The van der Waals surface area contributed by atoms with Crippen LogP contribution in [0.3, 0.4) is 0 Å². The second-order valence-corrected chi connectivity index (χ2v) is 2.96. The fraction of sp³-hybridized carbons (Fsp3) is 1.00. The molecule has 0 spiro atoms. The average molecular weight is 162 g/mol. The van der Waals surface area contributed by atoms with Crippen LogP contribution in [0.1, 0.15) is 26.7 Å². The van der Waals surface area contributed by atoms with Crippen molar-refractivity contribution in [1.29, 1.82) is 0 Å². The molecule has 0 saturated heterocycles. The van der Waals surface area contributed by atoms with Gasteiger partial charge in [-0.3, -0.25) is 0 Å².